The molecule has 0 spiro atoms. The monoisotopic (exact) mass is 300 g/mol. The quantitative estimate of drug-likeness (QED) is 0.915. The van der Waals surface area contributed by atoms with E-state index in [1.165, 1.54) is 18.2 Å². The summed E-state index contributed by atoms with van der Waals surface area (Å²) in [6.45, 7) is 0. The molecule has 1 aromatic carbocycles. The molecule has 1 aromatic heterocycles. The lowest BCUT2D eigenvalue weighted by Crippen LogP contribution is -2.36. The molecular weight excluding hydrogens is 283 g/mol. The van der Waals surface area contributed by atoms with Crippen LogP contribution in [0.25, 0.3) is 11.3 Å². The number of carbonyl (C=O) groups is 1. The first kappa shape index (κ1) is 14.5. The van der Waals surface area contributed by atoms with Crippen LogP contribution in [-0.2, 0) is 0 Å². The fraction of sp³-hybridized carbons (Fsp3) is 0.294. The third-order valence-corrected chi connectivity index (χ3v) is 4.00. The van der Waals surface area contributed by atoms with Crippen LogP contribution in [0.2, 0.25) is 0 Å². The molecule has 1 heterocycles. The zero-order valence-corrected chi connectivity index (χ0v) is 12.1. The Kier molecular flexibility index (Phi) is 4.04. The molecule has 1 aliphatic carbocycles. The summed E-state index contributed by atoms with van der Waals surface area (Å²) in [5.41, 5.74) is 0.929. The molecule has 0 unspecified atom stereocenters. The molecule has 1 aliphatic rings. The number of hydrogen-bond acceptors (Lipinski definition) is 2. The maximum Gasteiger partial charge on any atom is 0.261 e. The Morgan fingerprint density at radius 3 is 2.41 bits per heavy atom. The molecule has 0 aliphatic heterocycles. The SMILES string of the molecule is O=C(NC1CCCC1)c1ccc(-c2ccc(F)cc2)[nH]c1=O. The van der Waals surface area contributed by atoms with Gasteiger partial charge in [-0.25, -0.2) is 4.39 Å². The van der Waals surface area contributed by atoms with Crippen molar-refractivity contribution in [3.8, 4) is 11.3 Å². The molecule has 1 saturated carbocycles. The van der Waals surface area contributed by atoms with E-state index in [9.17, 15) is 14.0 Å². The zero-order chi connectivity index (χ0) is 15.5. The van der Waals surface area contributed by atoms with E-state index >= 15 is 0 Å². The van der Waals surface area contributed by atoms with Crippen molar-refractivity contribution < 1.29 is 9.18 Å². The lowest BCUT2D eigenvalue weighted by Gasteiger charge is -2.11. The van der Waals surface area contributed by atoms with Crippen LogP contribution in [0.1, 0.15) is 36.0 Å². The first-order chi connectivity index (χ1) is 10.6. The van der Waals surface area contributed by atoms with E-state index in [4.69, 9.17) is 0 Å². The summed E-state index contributed by atoms with van der Waals surface area (Å²) >= 11 is 0. The molecule has 114 valence electrons. The maximum absolute atomic E-state index is 12.9. The number of nitrogens with one attached hydrogen (secondary N) is 2. The first-order valence-electron chi connectivity index (χ1n) is 7.43. The maximum atomic E-state index is 12.9. The Labute approximate surface area is 127 Å². The van der Waals surface area contributed by atoms with Gasteiger partial charge in [-0.05, 0) is 54.8 Å². The minimum atomic E-state index is -0.433. The highest BCUT2D eigenvalue weighted by molar-refractivity contribution is 5.94. The van der Waals surface area contributed by atoms with Crippen LogP contribution in [0.4, 0.5) is 4.39 Å². The van der Waals surface area contributed by atoms with Crippen molar-refractivity contribution in [1.82, 2.24) is 10.3 Å². The molecule has 5 heteroatoms. The zero-order valence-electron chi connectivity index (χ0n) is 12.1. The van der Waals surface area contributed by atoms with Crippen molar-refractivity contribution in [1.29, 1.82) is 0 Å². The van der Waals surface area contributed by atoms with E-state index in [0.29, 0.717) is 11.3 Å². The molecule has 2 N–H and O–H groups in total. The number of aromatic amines is 1. The van der Waals surface area contributed by atoms with Crippen molar-refractivity contribution in [3.05, 3.63) is 58.1 Å². The number of amides is 1. The van der Waals surface area contributed by atoms with Crippen molar-refractivity contribution >= 4 is 5.91 Å². The summed E-state index contributed by atoms with van der Waals surface area (Å²) in [7, 11) is 0. The highest BCUT2D eigenvalue weighted by Crippen LogP contribution is 2.18. The van der Waals surface area contributed by atoms with Gasteiger partial charge in [-0.2, -0.15) is 0 Å². The number of rotatable bonds is 3. The molecule has 3 rings (SSSR count). The van der Waals surface area contributed by atoms with Gasteiger partial charge in [0.15, 0.2) is 0 Å². The minimum Gasteiger partial charge on any atom is -0.349 e. The van der Waals surface area contributed by atoms with Crippen molar-refractivity contribution in [3.63, 3.8) is 0 Å². The summed E-state index contributed by atoms with van der Waals surface area (Å²) in [6, 6.07) is 9.17. The standard InChI is InChI=1S/C17H17FN2O2/c18-12-7-5-11(6-8-12)15-10-9-14(17(22)20-15)16(21)19-13-3-1-2-4-13/h5-10,13H,1-4H2,(H,19,21)(H,20,22). The van der Waals surface area contributed by atoms with Crippen LogP contribution in [0.3, 0.4) is 0 Å². The number of H-pyrrole nitrogens is 1. The highest BCUT2D eigenvalue weighted by Gasteiger charge is 2.19. The van der Waals surface area contributed by atoms with E-state index < -0.39 is 5.56 Å². The molecule has 4 nitrogen and oxygen atoms in total. The number of halogens is 1. The van der Waals surface area contributed by atoms with Gasteiger partial charge in [0, 0.05) is 11.7 Å². The second kappa shape index (κ2) is 6.13. The van der Waals surface area contributed by atoms with E-state index in [1.807, 2.05) is 0 Å². The van der Waals surface area contributed by atoms with Crippen molar-refractivity contribution in [2.45, 2.75) is 31.7 Å². The van der Waals surface area contributed by atoms with E-state index in [2.05, 4.69) is 10.3 Å². The summed E-state index contributed by atoms with van der Waals surface area (Å²) < 4.78 is 12.9. The Morgan fingerprint density at radius 1 is 1.09 bits per heavy atom. The largest absolute Gasteiger partial charge is 0.349 e. The van der Waals surface area contributed by atoms with Gasteiger partial charge < -0.3 is 10.3 Å². The fourth-order valence-corrected chi connectivity index (χ4v) is 2.78. The van der Waals surface area contributed by atoms with Crippen molar-refractivity contribution in [2.75, 3.05) is 0 Å². The predicted molar refractivity (Wildman–Crippen MR) is 82.2 cm³/mol. The second-order valence-corrected chi connectivity index (χ2v) is 5.58. The van der Waals surface area contributed by atoms with Gasteiger partial charge in [-0.15, -0.1) is 0 Å². The lowest BCUT2D eigenvalue weighted by atomic mass is 10.1. The van der Waals surface area contributed by atoms with E-state index in [1.54, 1.807) is 18.2 Å². The Bertz CT molecular complexity index is 731. The topological polar surface area (TPSA) is 62.0 Å². The molecule has 0 atom stereocenters. The van der Waals surface area contributed by atoms with Crippen LogP contribution in [0.15, 0.2) is 41.2 Å². The molecule has 0 saturated heterocycles. The summed E-state index contributed by atoms with van der Waals surface area (Å²) in [5.74, 6) is -0.669. The Hall–Kier alpha value is -2.43. The molecule has 0 bridgehead atoms. The number of hydrogen-bond donors (Lipinski definition) is 2. The first-order valence-corrected chi connectivity index (χ1v) is 7.43. The van der Waals surface area contributed by atoms with Crippen LogP contribution >= 0.6 is 0 Å². The minimum absolute atomic E-state index is 0.109. The molecule has 0 radical (unpaired) electrons. The molecule has 1 amide bonds. The van der Waals surface area contributed by atoms with Gasteiger partial charge >= 0.3 is 0 Å². The predicted octanol–water partition coefficient (Wildman–Crippen LogP) is 2.85. The van der Waals surface area contributed by atoms with E-state index in [-0.39, 0.29) is 23.3 Å². The second-order valence-electron chi connectivity index (χ2n) is 5.58. The lowest BCUT2D eigenvalue weighted by molar-refractivity contribution is 0.0936. The average Bonchev–Trinajstić information content (AvgIpc) is 3.00. The van der Waals surface area contributed by atoms with Gasteiger partial charge in [0.2, 0.25) is 0 Å². The highest BCUT2D eigenvalue weighted by atomic mass is 19.1. The number of benzene rings is 1. The Balaban J connectivity index is 1.81. The van der Waals surface area contributed by atoms with Crippen LogP contribution in [0.5, 0.6) is 0 Å². The Morgan fingerprint density at radius 2 is 1.77 bits per heavy atom. The smallest absolute Gasteiger partial charge is 0.261 e. The normalized spacial score (nSPS) is 15.0. The van der Waals surface area contributed by atoms with Gasteiger partial charge in [-0.3, -0.25) is 9.59 Å². The summed E-state index contributed by atoms with van der Waals surface area (Å²) in [6.07, 6.45) is 4.17. The fourth-order valence-electron chi connectivity index (χ4n) is 2.78. The van der Waals surface area contributed by atoms with Gasteiger partial charge in [0.05, 0.1) is 0 Å². The number of pyridine rings is 1. The van der Waals surface area contributed by atoms with E-state index in [0.717, 1.165) is 25.7 Å². The third kappa shape index (κ3) is 3.08. The number of aromatic nitrogens is 1. The van der Waals surface area contributed by atoms with Gasteiger partial charge in [0.25, 0.3) is 11.5 Å². The summed E-state index contributed by atoms with van der Waals surface area (Å²) in [5, 5.41) is 2.89. The van der Waals surface area contributed by atoms with Crippen molar-refractivity contribution in [2.24, 2.45) is 0 Å². The number of carbonyl (C=O) groups excluding carboxylic acids is 1. The molecule has 22 heavy (non-hydrogen) atoms. The average molecular weight is 300 g/mol. The van der Waals surface area contributed by atoms with Crippen LogP contribution in [0, 0.1) is 5.82 Å². The van der Waals surface area contributed by atoms with Crippen LogP contribution < -0.4 is 10.9 Å². The molecule has 2 aromatic rings. The van der Waals surface area contributed by atoms with Crippen LogP contribution in [-0.4, -0.2) is 16.9 Å². The molecular formula is C17H17FN2O2. The summed E-state index contributed by atoms with van der Waals surface area (Å²) in [4.78, 5) is 26.9. The van der Waals surface area contributed by atoms with Gasteiger partial charge in [0.1, 0.15) is 11.4 Å². The third-order valence-electron chi connectivity index (χ3n) is 4.00. The molecule has 1 fully saturated rings. The van der Waals surface area contributed by atoms with Gasteiger partial charge in [-0.1, -0.05) is 12.8 Å².